The SMILES string of the molecule is Cc1cc(CNC(C)C)ccc1N1CCC(C(C)(C)C)C1. The molecule has 2 rings (SSSR count). The van der Waals surface area contributed by atoms with Gasteiger partial charge >= 0.3 is 0 Å². The van der Waals surface area contributed by atoms with Crippen LogP contribution in [0.5, 0.6) is 0 Å². The molecule has 21 heavy (non-hydrogen) atoms. The quantitative estimate of drug-likeness (QED) is 0.885. The van der Waals surface area contributed by atoms with Gasteiger partial charge in [0.05, 0.1) is 0 Å². The summed E-state index contributed by atoms with van der Waals surface area (Å²) in [5, 5.41) is 3.49. The van der Waals surface area contributed by atoms with Gasteiger partial charge in [0.15, 0.2) is 0 Å². The molecule has 0 amide bonds. The molecule has 1 aromatic carbocycles. The molecule has 0 radical (unpaired) electrons. The number of nitrogens with zero attached hydrogens (tertiary/aromatic N) is 1. The lowest BCUT2D eigenvalue weighted by Crippen LogP contribution is -2.26. The summed E-state index contributed by atoms with van der Waals surface area (Å²) in [4.78, 5) is 2.57. The van der Waals surface area contributed by atoms with Crippen LogP contribution in [0.4, 0.5) is 5.69 Å². The molecule has 1 heterocycles. The normalized spacial score (nSPS) is 19.6. The molecular formula is C19H32N2. The average Bonchev–Trinajstić information content (AvgIpc) is 2.85. The molecule has 1 saturated heterocycles. The first-order valence-electron chi connectivity index (χ1n) is 8.35. The Morgan fingerprint density at radius 2 is 2.00 bits per heavy atom. The first-order chi connectivity index (χ1) is 9.77. The van der Waals surface area contributed by atoms with Crippen LogP contribution >= 0.6 is 0 Å². The first-order valence-corrected chi connectivity index (χ1v) is 8.35. The molecule has 1 atom stereocenters. The molecule has 0 aromatic heterocycles. The minimum Gasteiger partial charge on any atom is -0.371 e. The number of aryl methyl sites for hydroxylation is 1. The third-order valence-corrected chi connectivity index (χ3v) is 4.73. The fourth-order valence-corrected chi connectivity index (χ4v) is 3.19. The molecule has 0 saturated carbocycles. The zero-order chi connectivity index (χ0) is 15.6. The van der Waals surface area contributed by atoms with E-state index in [1.165, 1.54) is 36.3 Å². The van der Waals surface area contributed by atoms with Crippen LogP contribution in [0.15, 0.2) is 18.2 Å². The lowest BCUT2D eigenvalue weighted by atomic mass is 9.80. The highest BCUT2D eigenvalue weighted by Crippen LogP contribution is 2.36. The summed E-state index contributed by atoms with van der Waals surface area (Å²) in [6, 6.07) is 7.48. The van der Waals surface area contributed by atoms with E-state index >= 15 is 0 Å². The summed E-state index contributed by atoms with van der Waals surface area (Å²) in [5.41, 5.74) is 4.64. The predicted molar refractivity (Wildman–Crippen MR) is 92.9 cm³/mol. The van der Waals surface area contributed by atoms with Gasteiger partial charge in [-0.2, -0.15) is 0 Å². The van der Waals surface area contributed by atoms with Gasteiger partial charge in [-0.1, -0.05) is 46.8 Å². The third-order valence-electron chi connectivity index (χ3n) is 4.73. The van der Waals surface area contributed by atoms with Gasteiger partial charge in [0.25, 0.3) is 0 Å². The Hall–Kier alpha value is -1.02. The second-order valence-corrected chi connectivity index (χ2v) is 7.95. The van der Waals surface area contributed by atoms with Crippen LogP contribution < -0.4 is 10.2 Å². The molecule has 2 nitrogen and oxygen atoms in total. The lowest BCUT2D eigenvalue weighted by Gasteiger charge is -2.28. The van der Waals surface area contributed by atoms with E-state index in [0.717, 1.165) is 12.5 Å². The summed E-state index contributed by atoms with van der Waals surface area (Å²) in [6.07, 6.45) is 1.32. The van der Waals surface area contributed by atoms with Crippen LogP contribution in [0, 0.1) is 18.3 Å². The maximum absolute atomic E-state index is 3.49. The Morgan fingerprint density at radius 1 is 1.29 bits per heavy atom. The van der Waals surface area contributed by atoms with Crippen molar-refractivity contribution >= 4 is 5.69 Å². The van der Waals surface area contributed by atoms with Gasteiger partial charge in [0.1, 0.15) is 0 Å². The van der Waals surface area contributed by atoms with Crippen molar-refractivity contribution in [2.75, 3.05) is 18.0 Å². The molecule has 1 fully saturated rings. The summed E-state index contributed by atoms with van der Waals surface area (Å²) < 4.78 is 0. The molecule has 1 aliphatic rings. The van der Waals surface area contributed by atoms with Crippen molar-refractivity contribution in [1.29, 1.82) is 0 Å². The van der Waals surface area contributed by atoms with E-state index < -0.39 is 0 Å². The Morgan fingerprint density at radius 3 is 2.52 bits per heavy atom. The van der Waals surface area contributed by atoms with Crippen molar-refractivity contribution in [3.63, 3.8) is 0 Å². The highest BCUT2D eigenvalue weighted by molar-refractivity contribution is 5.55. The zero-order valence-corrected chi connectivity index (χ0v) is 14.7. The molecule has 1 N–H and O–H groups in total. The second kappa shape index (κ2) is 6.39. The minimum atomic E-state index is 0.420. The molecule has 1 unspecified atom stereocenters. The number of hydrogen-bond donors (Lipinski definition) is 1. The van der Waals surface area contributed by atoms with Gasteiger partial charge in [-0.25, -0.2) is 0 Å². The summed E-state index contributed by atoms with van der Waals surface area (Å²) in [6.45, 7) is 17.1. The van der Waals surface area contributed by atoms with E-state index in [0.29, 0.717) is 11.5 Å². The number of hydrogen-bond acceptors (Lipinski definition) is 2. The summed E-state index contributed by atoms with van der Waals surface area (Å²) in [7, 11) is 0. The molecule has 118 valence electrons. The van der Waals surface area contributed by atoms with Crippen molar-refractivity contribution in [3.8, 4) is 0 Å². The highest BCUT2D eigenvalue weighted by atomic mass is 15.2. The Bertz CT molecular complexity index is 471. The topological polar surface area (TPSA) is 15.3 Å². The number of rotatable bonds is 4. The maximum atomic E-state index is 3.49. The van der Waals surface area contributed by atoms with Crippen molar-refractivity contribution in [1.82, 2.24) is 5.32 Å². The highest BCUT2D eigenvalue weighted by Gasteiger charge is 2.32. The standard InChI is InChI=1S/C19H32N2/c1-14(2)20-12-16-7-8-18(15(3)11-16)21-10-9-17(13-21)19(4,5)6/h7-8,11,14,17,20H,9-10,12-13H2,1-6H3. The van der Waals surface area contributed by atoms with Crippen LogP contribution in [0.3, 0.4) is 0 Å². The van der Waals surface area contributed by atoms with E-state index in [4.69, 9.17) is 0 Å². The first kappa shape index (κ1) is 16.4. The van der Waals surface area contributed by atoms with Gasteiger partial charge in [-0.15, -0.1) is 0 Å². The molecule has 0 spiro atoms. The van der Waals surface area contributed by atoms with Crippen LogP contribution in [0.1, 0.15) is 52.2 Å². The zero-order valence-electron chi connectivity index (χ0n) is 14.7. The molecule has 1 aromatic rings. The van der Waals surface area contributed by atoms with E-state index in [-0.39, 0.29) is 0 Å². The fraction of sp³-hybridized carbons (Fsp3) is 0.684. The predicted octanol–water partition coefficient (Wildman–Crippen LogP) is 4.37. The average molecular weight is 288 g/mol. The minimum absolute atomic E-state index is 0.420. The van der Waals surface area contributed by atoms with Gasteiger partial charge in [-0.3, -0.25) is 0 Å². The van der Waals surface area contributed by atoms with E-state index in [1.54, 1.807) is 0 Å². The molecule has 1 aliphatic heterocycles. The summed E-state index contributed by atoms with van der Waals surface area (Å²) >= 11 is 0. The van der Waals surface area contributed by atoms with Crippen LogP contribution in [-0.4, -0.2) is 19.1 Å². The number of benzene rings is 1. The molecule has 2 heteroatoms. The summed E-state index contributed by atoms with van der Waals surface area (Å²) in [5.74, 6) is 0.805. The van der Waals surface area contributed by atoms with Gasteiger partial charge in [0.2, 0.25) is 0 Å². The monoisotopic (exact) mass is 288 g/mol. The van der Waals surface area contributed by atoms with Crippen molar-refractivity contribution in [3.05, 3.63) is 29.3 Å². The Labute approximate surface area is 130 Å². The van der Waals surface area contributed by atoms with Crippen molar-refractivity contribution in [2.45, 2.75) is 60.5 Å². The third kappa shape index (κ3) is 4.23. The van der Waals surface area contributed by atoms with Crippen LogP contribution in [0.25, 0.3) is 0 Å². The molecular weight excluding hydrogens is 256 g/mol. The lowest BCUT2D eigenvalue weighted by molar-refractivity contribution is 0.263. The van der Waals surface area contributed by atoms with E-state index in [1.807, 2.05) is 0 Å². The van der Waals surface area contributed by atoms with Gasteiger partial charge in [-0.05, 0) is 41.9 Å². The van der Waals surface area contributed by atoms with Crippen LogP contribution in [-0.2, 0) is 6.54 Å². The Balaban J connectivity index is 2.05. The van der Waals surface area contributed by atoms with Gasteiger partial charge < -0.3 is 10.2 Å². The maximum Gasteiger partial charge on any atom is 0.0396 e. The van der Waals surface area contributed by atoms with Gasteiger partial charge in [0, 0.05) is 31.4 Å². The van der Waals surface area contributed by atoms with E-state index in [9.17, 15) is 0 Å². The van der Waals surface area contributed by atoms with E-state index in [2.05, 4.69) is 70.0 Å². The number of anilines is 1. The second-order valence-electron chi connectivity index (χ2n) is 7.95. The van der Waals surface area contributed by atoms with Crippen molar-refractivity contribution < 1.29 is 0 Å². The molecule has 0 aliphatic carbocycles. The van der Waals surface area contributed by atoms with Crippen LogP contribution in [0.2, 0.25) is 0 Å². The smallest absolute Gasteiger partial charge is 0.0396 e. The number of nitrogens with one attached hydrogen (secondary N) is 1. The Kier molecular flexibility index (Phi) is 4.98. The largest absolute Gasteiger partial charge is 0.371 e. The van der Waals surface area contributed by atoms with Crippen molar-refractivity contribution in [2.24, 2.45) is 11.3 Å². The fourth-order valence-electron chi connectivity index (χ4n) is 3.19. The molecule has 0 bridgehead atoms.